The highest BCUT2D eigenvalue weighted by Crippen LogP contribution is 2.23. The third-order valence-corrected chi connectivity index (χ3v) is 5.71. The molecule has 26 heavy (non-hydrogen) atoms. The van der Waals surface area contributed by atoms with E-state index in [1.165, 1.54) is 19.3 Å². The number of piperidine rings is 1. The molecule has 1 aromatic heterocycles. The van der Waals surface area contributed by atoms with Gasteiger partial charge in [-0.05, 0) is 44.4 Å². The summed E-state index contributed by atoms with van der Waals surface area (Å²) >= 11 is 6.32. The summed E-state index contributed by atoms with van der Waals surface area (Å²) in [6.45, 7) is 6.59. The molecule has 1 N–H and O–H groups in total. The Labute approximate surface area is 160 Å². The number of aromatic nitrogens is 2. The molecule has 3 rings (SSSR count). The lowest BCUT2D eigenvalue weighted by atomic mass is 9.97. The molecule has 0 bridgehead atoms. The average Bonchev–Trinajstić information content (AvgIpc) is 3.16. The molecule has 6 heteroatoms. The summed E-state index contributed by atoms with van der Waals surface area (Å²) in [6, 6.07) is 10.5. The molecule has 2 atom stereocenters. The Morgan fingerprint density at radius 3 is 2.65 bits per heavy atom. The smallest absolute Gasteiger partial charge is 0.272 e. The van der Waals surface area contributed by atoms with Crippen molar-refractivity contribution in [3.63, 3.8) is 0 Å². The monoisotopic (exact) mass is 374 g/mol. The first-order valence-electron chi connectivity index (χ1n) is 9.34. The first-order chi connectivity index (χ1) is 12.6. The van der Waals surface area contributed by atoms with Crippen LogP contribution in [0.2, 0.25) is 5.02 Å². The molecule has 1 aliphatic rings. The van der Waals surface area contributed by atoms with Gasteiger partial charge in [0, 0.05) is 42.9 Å². The zero-order valence-electron chi connectivity index (χ0n) is 15.5. The van der Waals surface area contributed by atoms with Gasteiger partial charge in [0.1, 0.15) is 5.69 Å². The van der Waals surface area contributed by atoms with Crippen LogP contribution in [0, 0.1) is 0 Å². The summed E-state index contributed by atoms with van der Waals surface area (Å²) in [6.07, 6.45) is 5.34. The molecule has 0 radical (unpaired) electrons. The van der Waals surface area contributed by atoms with E-state index >= 15 is 0 Å². The van der Waals surface area contributed by atoms with Crippen molar-refractivity contribution >= 4 is 17.5 Å². The fourth-order valence-corrected chi connectivity index (χ4v) is 3.98. The molecule has 0 spiro atoms. The summed E-state index contributed by atoms with van der Waals surface area (Å²) in [4.78, 5) is 17.3. The van der Waals surface area contributed by atoms with Gasteiger partial charge in [0.2, 0.25) is 0 Å². The average molecular weight is 375 g/mol. The second-order valence-corrected chi connectivity index (χ2v) is 7.56. The number of hydrogen-bond donors (Lipinski definition) is 1. The molecule has 1 amide bonds. The Morgan fingerprint density at radius 1 is 1.27 bits per heavy atom. The SMILES string of the molecule is CC1CCCC(C)N1CCN(Cc1ccccc1Cl)C(=O)c1ccn[nH]1. The standard InChI is InChI=1S/C20H27ClN4O/c1-15-6-5-7-16(2)25(15)13-12-24(20(26)19-10-11-22-23-19)14-17-8-3-4-9-18(17)21/h3-4,8-11,15-16H,5-7,12-14H2,1-2H3,(H,22,23). The highest BCUT2D eigenvalue weighted by molar-refractivity contribution is 6.31. The van der Waals surface area contributed by atoms with Crippen LogP contribution in [0.15, 0.2) is 36.5 Å². The van der Waals surface area contributed by atoms with Crippen LogP contribution in [0.4, 0.5) is 0 Å². The van der Waals surface area contributed by atoms with Crippen LogP contribution in [0.5, 0.6) is 0 Å². The minimum atomic E-state index is -0.0419. The fourth-order valence-electron chi connectivity index (χ4n) is 3.78. The maximum Gasteiger partial charge on any atom is 0.272 e. The molecule has 1 fully saturated rings. The molecule has 1 aliphatic heterocycles. The maximum absolute atomic E-state index is 13.0. The Hall–Kier alpha value is -1.85. The maximum atomic E-state index is 13.0. The number of aromatic amines is 1. The van der Waals surface area contributed by atoms with Crippen LogP contribution in [-0.2, 0) is 6.54 Å². The molecular weight excluding hydrogens is 348 g/mol. The third kappa shape index (κ3) is 4.46. The number of hydrogen-bond acceptors (Lipinski definition) is 3. The lowest BCUT2D eigenvalue weighted by Gasteiger charge is -2.40. The van der Waals surface area contributed by atoms with Gasteiger partial charge in [-0.15, -0.1) is 0 Å². The zero-order valence-corrected chi connectivity index (χ0v) is 16.2. The number of H-pyrrole nitrogens is 1. The Balaban J connectivity index is 1.74. The molecule has 5 nitrogen and oxygen atoms in total. The van der Waals surface area contributed by atoms with Crippen LogP contribution >= 0.6 is 11.6 Å². The van der Waals surface area contributed by atoms with Crippen molar-refractivity contribution in [2.75, 3.05) is 13.1 Å². The molecule has 0 saturated carbocycles. The van der Waals surface area contributed by atoms with Crippen LogP contribution in [0.3, 0.4) is 0 Å². The van der Waals surface area contributed by atoms with Crippen molar-refractivity contribution < 1.29 is 4.79 Å². The summed E-state index contributed by atoms with van der Waals surface area (Å²) < 4.78 is 0. The minimum Gasteiger partial charge on any atom is -0.332 e. The quantitative estimate of drug-likeness (QED) is 0.832. The van der Waals surface area contributed by atoms with Crippen molar-refractivity contribution in [1.82, 2.24) is 20.0 Å². The number of rotatable bonds is 6. The lowest BCUT2D eigenvalue weighted by Crippen LogP contribution is -2.48. The molecule has 2 unspecified atom stereocenters. The normalized spacial score (nSPS) is 20.9. The largest absolute Gasteiger partial charge is 0.332 e. The van der Waals surface area contributed by atoms with Gasteiger partial charge < -0.3 is 4.90 Å². The highest BCUT2D eigenvalue weighted by atomic mass is 35.5. The van der Waals surface area contributed by atoms with Crippen LogP contribution in [-0.4, -0.2) is 51.1 Å². The third-order valence-electron chi connectivity index (χ3n) is 5.34. The lowest BCUT2D eigenvalue weighted by molar-refractivity contribution is 0.0615. The zero-order chi connectivity index (χ0) is 18.5. The van der Waals surface area contributed by atoms with E-state index in [-0.39, 0.29) is 5.91 Å². The van der Waals surface area contributed by atoms with E-state index in [9.17, 15) is 4.79 Å². The first-order valence-corrected chi connectivity index (χ1v) is 9.72. The van der Waals surface area contributed by atoms with E-state index in [0.717, 1.165) is 12.1 Å². The van der Waals surface area contributed by atoms with E-state index < -0.39 is 0 Å². The number of nitrogens with one attached hydrogen (secondary N) is 1. The van der Waals surface area contributed by atoms with Gasteiger partial charge in [-0.25, -0.2) is 0 Å². The van der Waals surface area contributed by atoms with E-state index in [1.54, 1.807) is 12.3 Å². The summed E-state index contributed by atoms with van der Waals surface area (Å²) in [5.41, 5.74) is 1.47. The van der Waals surface area contributed by atoms with Crippen molar-refractivity contribution in [2.45, 2.75) is 51.7 Å². The number of carbonyl (C=O) groups excluding carboxylic acids is 1. The topological polar surface area (TPSA) is 52.2 Å². The molecule has 1 aromatic carbocycles. The number of nitrogens with zero attached hydrogens (tertiary/aromatic N) is 3. The number of benzene rings is 1. The minimum absolute atomic E-state index is 0.0419. The van der Waals surface area contributed by atoms with Crippen LogP contribution in [0.1, 0.15) is 49.2 Å². The summed E-state index contributed by atoms with van der Waals surface area (Å²) in [5.74, 6) is -0.0419. The highest BCUT2D eigenvalue weighted by Gasteiger charge is 2.26. The van der Waals surface area contributed by atoms with Gasteiger partial charge >= 0.3 is 0 Å². The predicted molar refractivity (Wildman–Crippen MR) is 104 cm³/mol. The Bertz CT molecular complexity index is 708. The van der Waals surface area contributed by atoms with Crippen molar-refractivity contribution in [1.29, 1.82) is 0 Å². The van der Waals surface area contributed by atoms with Gasteiger partial charge in [0.05, 0.1) is 0 Å². The second-order valence-electron chi connectivity index (χ2n) is 7.16. The van der Waals surface area contributed by atoms with E-state index in [2.05, 4.69) is 28.9 Å². The number of halogens is 1. The molecule has 2 heterocycles. The molecular formula is C20H27ClN4O. The van der Waals surface area contributed by atoms with Crippen molar-refractivity contribution in [3.05, 3.63) is 52.8 Å². The Kier molecular flexibility index (Phi) is 6.33. The van der Waals surface area contributed by atoms with Gasteiger partial charge in [0.25, 0.3) is 5.91 Å². The number of likely N-dealkylation sites (tertiary alicyclic amines) is 1. The van der Waals surface area contributed by atoms with E-state index in [0.29, 0.717) is 35.9 Å². The number of carbonyl (C=O) groups is 1. The number of amides is 1. The van der Waals surface area contributed by atoms with Gasteiger partial charge in [-0.2, -0.15) is 5.10 Å². The molecule has 0 aliphatic carbocycles. The van der Waals surface area contributed by atoms with Crippen LogP contribution in [0.25, 0.3) is 0 Å². The molecule has 140 valence electrons. The van der Waals surface area contributed by atoms with Gasteiger partial charge in [-0.3, -0.25) is 14.8 Å². The first kappa shape index (κ1) is 18.9. The molecule has 1 saturated heterocycles. The van der Waals surface area contributed by atoms with E-state index in [1.807, 2.05) is 29.2 Å². The van der Waals surface area contributed by atoms with Gasteiger partial charge in [0.15, 0.2) is 0 Å². The second kappa shape index (κ2) is 8.69. The summed E-state index contributed by atoms with van der Waals surface area (Å²) in [5, 5.41) is 7.39. The van der Waals surface area contributed by atoms with Crippen molar-refractivity contribution in [3.8, 4) is 0 Å². The van der Waals surface area contributed by atoms with E-state index in [4.69, 9.17) is 11.6 Å². The summed E-state index contributed by atoms with van der Waals surface area (Å²) in [7, 11) is 0. The predicted octanol–water partition coefficient (Wildman–Crippen LogP) is 3.97. The fraction of sp³-hybridized carbons (Fsp3) is 0.500. The molecule has 2 aromatic rings. The van der Waals surface area contributed by atoms with Gasteiger partial charge in [-0.1, -0.05) is 36.2 Å². The van der Waals surface area contributed by atoms with Crippen LogP contribution < -0.4 is 0 Å². The van der Waals surface area contributed by atoms with Crippen molar-refractivity contribution in [2.24, 2.45) is 0 Å². The Morgan fingerprint density at radius 2 is 2.00 bits per heavy atom.